The maximum absolute atomic E-state index is 11.6. The average molecular weight is 349 g/mol. The Bertz CT molecular complexity index is 624. The largest absolute Gasteiger partial charge is 0.307 e. The monoisotopic (exact) mass is 348 g/mol. The van der Waals surface area contributed by atoms with E-state index in [0.29, 0.717) is 5.88 Å². The van der Waals surface area contributed by atoms with E-state index in [4.69, 9.17) is 11.6 Å². The first kappa shape index (κ1) is 18.5. The van der Waals surface area contributed by atoms with E-state index in [2.05, 4.69) is 30.1 Å². The van der Waals surface area contributed by atoms with Gasteiger partial charge in [-0.05, 0) is 50.6 Å². The number of hydrogen-bond acceptors (Lipinski definition) is 3. The topological polar surface area (TPSA) is 25.2 Å². The maximum atomic E-state index is 11.6. The SMILES string of the molecule is CN(CCCl)CCCCc1ccc2c(c1)sc(=O)n2C.Cl. The fourth-order valence-electron chi connectivity index (χ4n) is 2.30. The Morgan fingerprint density at radius 1 is 1.29 bits per heavy atom. The highest BCUT2D eigenvalue weighted by molar-refractivity contribution is 7.16. The molecule has 0 fully saturated rings. The number of aromatic nitrogens is 1. The predicted molar refractivity (Wildman–Crippen MR) is 95.5 cm³/mol. The van der Waals surface area contributed by atoms with Crippen molar-refractivity contribution >= 4 is 45.6 Å². The summed E-state index contributed by atoms with van der Waals surface area (Å²) in [6.07, 6.45) is 3.41. The minimum atomic E-state index is 0. The lowest BCUT2D eigenvalue weighted by Crippen LogP contribution is -2.21. The molecule has 0 aliphatic rings. The molecular weight excluding hydrogens is 327 g/mol. The van der Waals surface area contributed by atoms with E-state index in [1.165, 1.54) is 29.7 Å². The third-order valence-electron chi connectivity index (χ3n) is 3.58. The zero-order chi connectivity index (χ0) is 14.5. The Morgan fingerprint density at radius 3 is 2.76 bits per heavy atom. The van der Waals surface area contributed by atoms with Gasteiger partial charge in [0.1, 0.15) is 0 Å². The Hall–Kier alpha value is -0.550. The number of alkyl halides is 1. The number of hydrogen-bond donors (Lipinski definition) is 0. The van der Waals surface area contributed by atoms with Crippen molar-refractivity contribution in [3.63, 3.8) is 0 Å². The van der Waals surface area contributed by atoms with Crippen LogP contribution in [0.4, 0.5) is 0 Å². The van der Waals surface area contributed by atoms with Gasteiger partial charge >= 0.3 is 4.87 Å². The van der Waals surface area contributed by atoms with Crippen LogP contribution in [0.15, 0.2) is 23.0 Å². The summed E-state index contributed by atoms with van der Waals surface area (Å²) in [6.45, 7) is 2.04. The molecule has 2 aromatic rings. The summed E-state index contributed by atoms with van der Waals surface area (Å²) in [5.41, 5.74) is 2.35. The second-order valence-electron chi connectivity index (χ2n) is 5.18. The molecule has 0 bridgehead atoms. The summed E-state index contributed by atoms with van der Waals surface area (Å²) in [4.78, 5) is 14.0. The molecule has 0 N–H and O–H groups in total. The van der Waals surface area contributed by atoms with E-state index < -0.39 is 0 Å². The van der Waals surface area contributed by atoms with Gasteiger partial charge in [-0.25, -0.2) is 0 Å². The highest BCUT2D eigenvalue weighted by Gasteiger charge is 2.05. The third kappa shape index (κ3) is 4.99. The Balaban J connectivity index is 0.00000220. The minimum absolute atomic E-state index is 0. The molecule has 2 rings (SSSR count). The van der Waals surface area contributed by atoms with Gasteiger partial charge in [-0.2, -0.15) is 0 Å². The zero-order valence-electron chi connectivity index (χ0n) is 12.5. The van der Waals surface area contributed by atoms with Gasteiger partial charge < -0.3 is 9.47 Å². The molecule has 0 radical (unpaired) electrons. The van der Waals surface area contributed by atoms with Crippen molar-refractivity contribution in [2.75, 3.05) is 26.0 Å². The van der Waals surface area contributed by atoms with E-state index in [0.717, 1.165) is 29.7 Å². The second kappa shape index (κ2) is 8.79. The third-order valence-corrected chi connectivity index (χ3v) is 4.74. The second-order valence-corrected chi connectivity index (χ2v) is 6.55. The van der Waals surface area contributed by atoms with Crippen molar-refractivity contribution in [2.24, 2.45) is 7.05 Å². The van der Waals surface area contributed by atoms with Gasteiger partial charge in [0.25, 0.3) is 0 Å². The lowest BCUT2D eigenvalue weighted by molar-refractivity contribution is 0.345. The molecule has 0 saturated heterocycles. The van der Waals surface area contributed by atoms with Gasteiger partial charge in [0.05, 0.1) is 10.2 Å². The molecule has 0 aliphatic heterocycles. The average Bonchev–Trinajstić information content (AvgIpc) is 2.70. The first-order chi connectivity index (χ1) is 9.61. The molecule has 0 atom stereocenters. The van der Waals surface area contributed by atoms with Gasteiger partial charge in [-0.15, -0.1) is 24.0 Å². The molecular formula is C15H22Cl2N2OS. The lowest BCUT2D eigenvalue weighted by atomic mass is 10.1. The number of thiazole rings is 1. The predicted octanol–water partition coefficient (Wildman–Crippen LogP) is 3.52. The maximum Gasteiger partial charge on any atom is 0.307 e. The van der Waals surface area contributed by atoms with Crippen molar-refractivity contribution in [3.8, 4) is 0 Å². The number of unbranched alkanes of at least 4 members (excludes halogenated alkanes) is 1. The fourth-order valence-corrected chi connectivity index (χ4v) is 3.53. The van der Waals surface area contributed by atoms with Crippen LogP contribution in [0.25, 0.3) is 10.2 Å². The van der Waals surface area contributed by atoms with Crippen molar-refractivity contribution < 1.29 is 0 Å². The fraction of sp³-hybridized carbons (Fsp3) is 0.533. The van der Waals surface area contributed by atoms with Gasteiger partial charge in [0.15, 0.2) is 0 Å². The highest BCUT2D eigenvalue weighted by Crippen LogP contribution is 2.19. The number of fused-ring (bicyclic) bond motifs is 1. The number of aryl methyl sites for hydroxylation is 2. The molecule has 0 spiro atoms. The van der Waals surface area contributed by atoms with Gasteiger partial charge in [-0.1, -0.05) is 17.4 Å². The Morgan fingerprint density at radius 2 is 2.05 bits per heavy atom. The number of rotatable bonds is 7. The lowest BCUT2D eigenvalue weighted by Gasteiger charge is -2.14. The quantitative estimate of drug-likeness (QED) is 0.565. The summed E-state index contributed by atoms with van der Waals surface area (Å²) >= 11 is 7.04. The molecule has 21 heavy (non-hydrogen) atoms. The number of benzene rings is 1. The van der Waals surface area contributed by atoms with E-state index >= 15 is 0 Å². The Labute approximate surface area is 140 Å². The smallest absolute Gasteiger partial charge is 0.305 e. The zero-order valence-corrected chi connectivity index (χ0v) is 14.9. The number of nitrogens with zero attached hydrogens (tertiary/aromatic N) is 2. The first-order valence-electron chi connectivity index (χ1n) is 6.95. The van der Waals surface area contributed by atoms with E-state index in [1.54, 1.807) is 4.57 Å². The van der Waals surface area contributed by atoms with Crippen LogP contribution in [0.3, 0.4) is 0 Å². The molecule has 118 valence electrons. The van der Waals surface area contributed by atoms with Gasteiger partial charge in [0.2, 0.25) is 0 Å². The normalized spacial score (nSPS) is 11.0. The molecule has 0 aliphatic carbocycles. The van der Waals surface area contributed by atoms with Crippen LogP contribution in [-0.2, 0) is 13.5 Å². The first-order valence-corrected chi connectivity index (χ1v) is 8.30. The van der Waals surface area contributed by atoms with Crippen LogP contribution >= 0.6 is 35.3 Å². The molecule has 1 aromatic heterocycles. The van der Waals surface area contributed by atoms with E-state index in [1.807, 2.05) is 7.05 Å². The summed E-state index contributed by atoms with van der Waals surface area (Å²) in [5.74, 6) is 0.695. The molecule has 3 nitrogen and oxygen atoms in total. The minimum Gasteiger partial charge on any atom is -0.305 e. The standard InChI is InChI=1S/C15H21ClN2OS.ClH/c1-17(10-8-16)9-4-3-5-12-6-7-13-14(11-12)20-15(19)18(13)2;/h6-7,11H,3-5,8-10H2,1-2H3;1H. The van der Waals surface area contributed by atoms with Crippen LogP contribution in [0.2, 0.25) is 0 Å². The molecule has 1 aromatic carbocycles. The summed E-state index contributed by atoms with van der Waals surface area (Å²) in [5, 5.41) is 0. The van der Waals surface area contributed by atoms with Crippen LogP contribution in [0.1, 0.15) is 18.4 Å². The van der Waals surface area contributed by atoms with Gasteiger partial charge in [-0.3, -0.25) is 4.79 Å². The van der Waals surface area contributed by atoms with Crippen molar-refractivity contribution in [2.45, 2.75) is 19.3 Å². The molecule has 6 heteroatoms. The van der Waals surface area contributed by atoms with Crippen molar-refractivity contribution in [1.29, 1.82) is 0 Å². The van der Waals surface area contributed by atoms with Crippen LogP contribution in [-0.4, -0.2) is 35.5 Å². The van der Waals surface area contributed by atoms with Gasteiger partial charge in [0, 0.05) is 19.5 Å². The molecule has 0 amide bonds. The van der Waals surface area contributed by atoms with E-state index in [9.17, 15) is 4.79 Å². The molecule has 0 saturated carbocycles. The Kier molecular flexibility index (Phi) is 7.74. The highest BCUT2D eigenvalue weighted by atomic mass is 35.5. The van der Waals surface area contributed by atoms with Crippen molar-refractivity contribution in [1.82, 2.24) is 9.47 Å². The van der Waals surface area contributed by atoms with Crippen molar-refractivity contribution in [3.05, 3.63) is 33.4 Å². The number of halogens is 2. The molecule has 1 heterocycles. The van der Waals surface area contributed by atoms with E-state index in [-0.39, 0.29) is 17.3 Å². The van der Waals surface area contributed by atoms with Crippen LogP contribution < -0.4 is 4.87 Å². The summed E-state index contributed by atoms with van der Waals surface area (Å²) in [7, 11) is 3.93. The summed E-state index contributed by atoms with van der Waals surface area (Å²) in [6, 6.07) is 6.35. The molecule has 0 unspecified atom stereocenters. The van der Waals surface area contributed by atoms with Crippen LogP contribution in [0.5, 0.6) is 0 Å². The van der Waals surface area contributed by atoms with Crippen LogP contribution in [0, 0.1) is 0 Å². The summed E-state index contributed by atoms with van der Waals surface area (Å²) < 4.78 is 2.81.